The Morgan fingerprint density at radius 2 is 1.53 bits per heavy atom. The average Bonchev–Trinajstić information content (AvgIpc) is 2.85. The molecule has 0 radical (unpaired) electrons. The van der Waals surface area contributed by atoms with Crippen LogP contribution in [0.3, 0.4) is 0 Å². The van der Waals surface area contributed by atoms with Gasteiger partial charge in [-0.2, -0.15) is 5.10 Å². The molecule has 0 atom stereocenters. The van der Waals surface area contributed by atoms with Gasteiger partial charge >= 0.3 is 0 Å². The maximum Gasteiger partial charge on any atom is 0.287 e. The van der Waals surface area contributed by atoms with Crippen molar-refractivity contribution < 1.29 is 9.59 Å². The van der Waals surface area contributed by atoms with Gasteiger partial charge in [0, 0.05) is 36.0 Å². The SMILES string of the molecule is CN(C)c1ccc(/C=C(\NC(=O)c2ccccc2)C(=O)N/N=C\C=C\c2ccc(Br)cc2)cc1. The minimum atomic E-state index is -0.533. The van der Waals surface area contributed by atoms with Gasteiger partial charge in [0.1, 0.15) is 5.70 Å². The number of amides is 2. The Balaban J connectivity index is 1.74. The highest BCUT2D eigenvalue weighted by atomic mass is 79.9. The highest BCUT2D eigenvalue weighted by Gasteiger charge is 2.14. The Morgan fingerprint density at radius 1 is 0.882 bits per heavy atom. The number of carbonyl (C=O) groups excluding carboxylic acids is 2. The summed E-state index contributed by atoms with van der Waals surface area (Å²) < 4.78 is 0.999. The Labute approximate surface area is 207 Å². The van der Waals surface area contributed by atoms with Crippen LogP contribution in [0.5, 0.6) is 0 Å². The van der Waals surface area contributed by atoms with Gasteiger partial charge in [0.05, 0.1) is 0 Å². The summed E-state index contributed by atoms with van der Waals surface area (Å²) in [6, 6.07) is 24.1. The number of hydrogen-bond acceptors (Lipinski definition) is 4. The van der Waals surface area contributed by atoms with Crippen LogP contribution in [0.15, 0.2) is 100 Å². The van der Waals surface area contributed by atoms with Crippen molar-refractivity contribution in [3.05, 3.63) is 112 Å². The Hall–Kier alpha value is -3.97. The van der Waals surface area contributed by atoms with E-state index in [0.29, 0.717) is 5.56 Å². The van der Waals surface area contributed by atoms with E-state index in [2.05, 4.69) is 31.8 Å². The maximum absolute atomic E-state index is 12.8. The van der Waals surface area contributed by atoms with Gasteiger partial charge in [-0.15, -0.1) is 0 Å². The lowest BCUT2D eigenvalue weighted by atomic mass is 10.1. The van der Waals surface area contributed by atoms with Crippen LogP contribution in [0.2, 0.25) is 0 Å². The third-order valence-electron chi connectivity index (χ3n) is 4.73. The molecule has 0 saturated heterocycles. The fourth-order valence-corrected chi connectivity index (χ4v) is 3.17. The van der Waals surface area contributed by atoms with Gasteiger partial charge in [0.25, 0.3) is 11.8 Å². The summed E-state index contributed by atoms with van der Waals surface area (Å²) in [4.78, 5) is 27.5. The molecule has 3 aromatic carbocycles. The molecule has 0 heterocycles. The summed E-state index contributed by atoms with van der Waals surface area (Å²) in [5.74, 6) is -0.916. The summed E-state index contributed by atoms with van der Waals surface area (Å²) in [5.41, 5.74) is 5.79. The number of allylic oxidation sites excluding steroid dienone is 1. The summed E-state index contributed by atoms with van der Waals surface area (Å²) in [6.07, 6.45) is 6.67. The highest BCUT2D eigenvalue weighted by molar-refractivity contribution is 9.10. The Morgan fingerprint density at radius 3 is 2.18 bits per heavy atom. The van der Waals surface area contributed by atoms with Crippen LogP contribution >= 0.6 is 15.9 Å². The molecule has 3 aromatic rings. The van der Waals surface area contributed by atoms with Gasteiger partial charge in [-0.1, -0.05) is 64.5 Å². The van der Waals surface area contributed by atoms with E-state index < -0.39 is 5.91 Å². The largest absolute Gasteiger partial charge is 0.378 e. The number of benzene rings is 3. The zero-order valence-corrected chi connectivity index (χ0v) is 20.5. The lowest BCUT2D eigenvalue weighted by Crippen LogP contribution is -2.32. The lowest BCUT2D eigenvalue weighted by molar-refractivity contribution is -0.117. The third kappa shape index (κ3) is 7.56. The lowest BCUT2D eigenvalue weighted by Gasteiger charge is -2.12. The average molecular weight is 517 g/mol. The molecule has 0 aliphatic heterocycles. The zero-order valence-electron chi connectivity index (χ0n) is 18.9. The number of nitrogens with zero attached hydrogens (tertiary/aromatic N) is 2. The van der Waals surface area contributed by atoms with Gasteiger partial charge < -0.3 is 10.2 Å². The van der Waals surface area contributed by atoms with Crippen LogP contribution in [0.1, 0.15) is 21.5 Å². The summed E-state index contributed by atoms with van der Waals surface area (Å²) in [6.45, 7) is 0. The van der Waals surface area contributed by atoms with Crippen LogP contribution in [0.4, 0.5) is 5.69 Å². The molecular weight excluding hydrogens is 492 g/mol. The van der Waals surface area contributed by atoms with Crippen LogP contribution < -0.4 is 15.6 Å². The highest BCUT2D eigenvalue weighted by Crippen LogP contribution is 2.15. The van der Waals surface area contributed by atoms with Crippen LogP contribution in [0, 0.1) is 0 Å². The predicted molar refractivity (Wildman–Crippen MR) is 142 cm³/mol. The van der Waals surface area contributed by atoms with E-state index in [1.54, 1.807) is 36.4 Å². The van der Waals surface area contributed by atoms with Crippen LogP contribution in [-0.4, -0.2) is 32.1 Å². The smallest absolute Gasteiger partial charge is 0.287 e. The maximum atomic E-state index is 12.8. The second kappa shape index (κ2) is 12.3. The Kier molecular flexibility index (Phi) is 8.94. The van der Waals surface area contributed by atoms with Gasteiger partial charge in [-0.05, 0) is 59.7 Å². The number of anilines is 1. The normalized spacial score (nSPS) is 11.6. The second-order valence-corrected chi connectivity index (χ2v) is 8.41. The summed E-state index contributed by atoms with van der Waals surface area (Å²) in [7, 11) is 3.90. The van der Waals surface area contributed by atoms with E-state index in [-0.39, 0.29) is 11.6 Å². The van der Waals surface area contributed by atoms with Crippen molar-refractivity contribution in [2.75, 3.05) is 19.0 Å². The standard InChI is InChI=1S/C27H25BrN4O2/c1-32(2)24-16-12-21(13-17-24)19-25(30-26(33)22-8-4-3-5-9-22)27(34)31-29-18-6-7-20-10-14-23(28)15-11-20/h3-19H,1-2H3,(H,30,33)(H,31,34)/b7-6+,25-19-,29-18-. The van der Waals surface area contributed by atoms with Crippen molar-refractivity contribution in [3.63, 3.8) is 0 Å². The number of carbonyl (C=O) groups is 2. The third-order valence-corrected chi connectivity index (χ3v) is 5.26. The summed E-state index contributed by atoms with van der Waals surface area (Å²) >= 11 is 3.40. The molecule has 0 spiro atoms. The molecule has 172 valence electrons. The van der Waals surface area contributed by atoms with E-state index in [4.69, 9.17) is 0 Å². The van der Waals surface area contributed by atoms with Crippen molar-refractivity contribution in [2.45, 2.75) is 0 Å². The first-order valence-corrected chi connectivity index (χ1v) is 11.3. The van der Waals surface area contributed by atoms with Crippen molar-refractivity contribution in [3.8, 4) is 0 Å². The monoisotopic (exact) mass is 516 g/mol. The quantitative estimate of drug-likeness (QED) is 0.248. The molecule has 6 nitrogen and oxygen atoms in total. The van der Waals surface area contributed by atoms with Gasteiger partial charge in [-0.3, -0.25) is 9.59 Å². The number of rotatable bonds is 8. The molecule has 2 N–H and O–H groups in total. The Bertz CT molecular complexity index is 1200. The van der Waals surface area contributed by atoms with E-state index in [9.17, 15) is 9.59 Å². The van der Waals surface area contributed by atoms with Crippen LogP contribution in [-0.2, 0) is 4.79 Å². The van der Waals surface area contributed by atoms with Gasteiger partial charge in [-0.25, -0.2) is 5.43 Å². The molecule has 2 amide bonds. The first-order chi connectivity index (χ1) is 16.4. The molecule has 34 heavy (non-hydrogen) atoms. The molecule has 0 bridgehead atoms. The molecule has 7 heteroatoms. The van der Waals surface area contributed by atoms with E-state index in [1.807, 2.05) is 79.7 Å². The number of halogens is 1. The molecule has 0 unspecified atom stereocenters. The first-order valence-electron chi connectivity index (χ1n) is 10.5. The van der Waals surface area contributed by atoms with Crippen molar-refractivity contribution in [1.29, 1.82) is 0 Å². The molecule has 0 aliphatic carbocycles. The van der Waals surface area contributed by atoms with E-state index in [0.717, 1.165) is 21.3 Å². The number of hydrogen-bond donors (Lipinski definition) is 2. The molecular formula is C27H25BrN4O2. The molecule has 0 aromatic heterocycles. The van der Waals surface area contributed by atoms with Gasteiger partial charge in [0.15, 0.2) is 0 Å². The topological polar surface area (TPSA) is 73.8 Å². The first kappa shape index (κ1) is 24.7. The number of hydrazone groups is 1. The summed E-state index contributed by atoms with van der Waals surface area (Å²) in [5, 5.41) is 6.66. The van der Waals surface area contributed by atoms with Gasteiger partial charge in [0.2, 0.25) is 0 Å². The fraction of sp³-hybridized carbons (Fsp3) is 0.0741. The molecule has 0 aliphatic rings. The predicted octanol–water partition coefficient (Wildman–Crippen LogP) is 5.10. The minimum absolute atomic E-state index is 0.0838. The number of nitrogens with one attached hydrogen (secondary N) is 2. The molecule has 0 saturated carbocycles. The van der Waals surface area contributed by atoms with E-state index in [1.165, 1.54) is 6.21 Å². The van der Waals surface area contributed by atoms with Crippen molar-refractivity contribution >= 4 is 51.8 Å². The van der Waals surface area contributed by atoms with Crippen LogP contribution in [0.25, 0.3) is 12.2 Å². The zero-order chi connectivity index (χ0) is 24.3. The molecule has 0 fully saturated rings. The minimum Gasteiger partial charge on any atom is -0.378 e. The van der Waals surface area contributed by atoms with Crippen molar-refractivity contribution in [1.82, 2.24) is 10.7 Å². The van der Waals surface area contributed by atoms with Crippen molar-refractivity contribution in [2.24, 2.45) is 5.10 Å². The second-order valence-electron chi connectivity index (χ2n) is 7.49. The van der Waals surface area contributed by atoms with E-state index >= 15 is 0 Å². The molecule has 3 rings (SSSR count). The fourth-order valence-electron chi connectivity index (χ4n) is 2.90.